The molecule has 0 aliphatic carbocycles. The fraction of sp³-hybridized carbons (Fsp3) is 0.0714. The van der Waals surface area contributed by atoms with E-state index in [0.29, 0.717) is 5.56 Å². The molecule has 6 heteroatoms. The van der Waals surface area contributed by atoms with Crippen molar-refractivity contribution in [2.45, 2.75) is 6.04 Å². The molecular weight excluding hydrogens is 260 g/mol. The molecule has 3 N–H and O–H groups in total. The van der Waals surface area contributed by atoms with E-state index < -0.39 is 23.5 Å². The molecular formula is C14H12N2O4. The fourth-order valence-electron chi connectivity index (χ4n) is 1.72. The van der Waals surface area contributed by atoms with E-state index in [2.05, 4.69) is 10.3 Å². The van der Waals surface area contributed by atoms with Crippen molar-refractivity contribution in [1.82, 2.24) is 10.3 Å². The molecule has 6 nitrogen and oxygen atoms in total. The predicted molar refractivity (Wildman–Crippen MR) is 71.3 cm³/mol. The molecule has 0 spiro atoms. The lowest BCUT2D eigenvalue weighted by Crippen LogP contribution is -2.34. The van der Waals surface area contributed by atoms with Gasteiger partial charge in [0.15, 0.2) is 6.04 Å². The van der Waals surface area contributed by atoms with Crippen molar-refractivity contribution in [3.8, 4) is 0 Å². The number of carbonyl (C=O) groups excluding carboxylic acids is 1. The summed E-state index contributed by atoms with van der Waals surface area (Å²) >= 11 is 0. The smallest absolute Gasteiger partial charge is 0.330 e. The third kappa shape index (κ3) is 3.11. The average molecular weight is 272 g/mol. The number of amides is 1. The van der Waals surface area contributed by atoms with Gasteiger partial charge in [-0.1, -0.05) is 36.4 Å². The highest BCUT2D eigenvalue weighted by Crippen LogP contribution is 2.13. The molecule has 0 fully saturated rings. The number of hydrogen-bond acceptors (Lipinski definition) is 3. The quantitative estimate of drug-likeness (QED) is 0.771. The van der Waals surface area contributed by atoms with Gasteiger partial charge in [-0.3, -0.25) is 9.59 Å². The van der Waals surface area contributed by atoms with Gasteiger partial charge in [-0.15, -0.1) is 0 Å². The Kier molecular flexibility index (Phi) is 3.95. The number of pyridine rings is 1. The Morgan fingerprint density at radius 1 is 1.05 bits per heavy atom. The van der Waals surface area contributed by atoms with Crippen LogP contribution in [0.1, 0.15) is 22.1 Å². The van der Waals surface area contributed by atoms with Crippen molar-refractivity contribution in [3.63, 3.8) is 0 Å². The van der Waals surface area contributed by atoms with Crippen LogP contribution in [0.25, 0.3) is 0 Å². The number of carboxylic acids is 1. The standard InChI is InChI=1S/C14H12N2O4/c17-11-8-4-7-10(15-11)13(18)16-12(14(19)20)9-5-2-1-3-6-9/h1-8,12H,(H,15,17)(H,16,18)(H,19,20). The molecule has 1 atom stereocenters. The second-order valence-electron chi connectivity index (χ2n) is 4.08. The van der Waals surface area contributed by atoms with Crippen LogP contribution in [0, 0.1) is 0 Å². The molecule has 2 aromatic rings. The number of hydrogen-bond donors (Lipinski definition) is 3. The van der Waals surface area contributed by atoms with Crippen molar-refractivity contribution < 1.29 is 14.7 Å². The molecule has 0 aliphatic heterocycles. The normalized spacial score (nSPS) is 11.6. The Bertz CT molecular complexity index is 679. The van der Waals surface area contributed by atoms with Crippen LogP contribution in [0.3, 0.4) is 0 Å². The predicted octanol–water partition coefficient (Wildman–Crippen LogP) is 0.931. The summed E-state index contributed by atoms with van der Waals surface area (Å²) in [5, 5.41) is 11.6. The summed E-state index contributed by atoms with van der Waals surface area (Å²) in [5.74, 6) is -1.83. The first-order valence-electron chi connectivity index (χ1n) is 5.86. The zero-order chi connectivity index (χ0) is 14.5. The average Bonchev–Trinajstić information content (AvgIpc) is 2.45. The van der Waals surface area contributed by atoms with Crippen LogP contribution >= 0.6 is 0 Å². The van der Waals surface area contributed by atoms with Crippen molar-refractivity contribution in [2.24, 2.45) is 0 Å². The molecule has 2 rings (SSSR count). The minimum absolute atomic E-state index is 0.0136. The Balaban J connectivity index is 2.23. The van der Waals surface area contributed by atoms with E-state index in [1.54, 1.807) is 30.3 Å². The lowest BCUT2D eigenvalue weighted by molar-refractivity contribution is -0.139. The highest BCUT2D eigenvalue weighted by atomic mass is 16.4. The van der Waals surface area contributed by atoms with Crippen molar-refractivity contribution in [1.29, 1.82) is 0 Å². The van der Waals surface area contributed by atoms with Gasteiger partial charge in [0.2, 0.25) is 5.56 Å². The molecule has 0 aliphatic rings. The minimum Gasteiger partial charge on any atom is -0.479 e. The molecule has 1 heterocycles. The maximum Gasteiger partial charge on any atom is 0.330 e. The first kappa shape index (κ1) is 13.5. The molecule has 102 valence electrons. The summed E-state index contributed by atoms with van der Waals surface area (Å²) < 4.78 is 0. The lowest BCUT2D eigenvalue weighted by Gasteiger charge is -2.14. The van der Waals surface area contributed by atoms with Crippen LogP contribution < -0.4 is 10.9 Å². The van der Waals surface area contributed by atoms with E-state index in [-0.39, 0.29) is 5.69 Å². The van der Waals surface area contributed by atoms with Crippen LogP contribution in [0.4, 0.5) is 0 Å². The van der Waals surface area contributed by atoms with Crippen LogP contribution in [-0.2, 0) is 4.79 Å². The topological polar surface area (TPSA) is 99.3 Å². The summed E-state index contributed by atoms with van der Waals surface area (Å²) in [6, 6.07) is 11.2. The highest BCUT2D eigenvalue weighted by molar-refractivity contribution is 5.95. The Labute approximate surface area is 114 Å². The van der Waals surface area contributed by atoms with Crippen molar-refractivity contribution in [2.75, 3.05) is 0 Å². The van der Waals surface area contributed by atoms with E-state index in [0.717, 1.165) is 0 Å². The van der Waals surface area contributed by atoms with Gasteiger partial charge >= 0.3 is 5.97 Å². The second-order valence-corrected chi connectivity index (χ2v) is 4.08. The number of aromatic nitrogens is 1. The van der Waals surface area contributed by atoms with Gasteiger partial charge < -0.3 is 15.4 Å². The molecule has 0 saturated carbocycles. The zero-order valence-electron chi connectivity index (χ0n) is 10.4. The van der Waals surface area contributed by atoms with Crippen LogP contribution in [0.5, 0.6) is 0 Å². The summed E-state index contributed by atoms with van der Waals surface area (Å²) in [7, 11) is 0. The number of carbonyl (C=O) groups is 2. The number of aliphatic carboxylic acids is 1. The van der Waals surface area contributed by atoms with E-state index >= 15 is 0 Å². The molecule has 0 bridgehead atoms. The van der Waals surface area contributed by atoms with Gasteiger partial charge in [-0.2, -0.15) is 0 Å². The van der Waals surface area contributed by atoms with Gasteiger partial charge in [0.1, 0.15) is 5.69 Å². The number of aromatic amines is 1. The largest absolute Gasteiger partial charge is 0.479 e. The third-order valence-electron chi connectivity index (χ3n) is 2.67. The molecule has 0 saturated heterocycles. The molecule has 1 amide bonds. The van der Waals surface area contributed by atoms with E-state index in [4.69, 9.17) is 0 Å². The number of benzene rings is 1. The second kappa shape index (κ2) is 5.83. The summed E-state index contributed by atoms with van der Waals surface area (Å²) in [6.45, 7) is 0. The first-order chi connectivity index (χ1) is 9.58. The monoisotopic (exact) mass is 272 g/mol. The fourth-order valence-corrected chi connectivity index (χ4v) is 1.72. The Hall–Kier alpha value is -2.89. The molecule has 1 unspecified atom stereocenters. The SMILES string of the molecule is O=C(NC(C(=O)O)c1ccccc1)c1cccc(=O)[nH]1. The number of carboxylic acid groups (broad SMARTS) is 1. The number of H-pyrrole nitrogens is 1. The minimum atomic E-state index is -1.18. The summed E-state index contributed by atoms with van der Waals surface area (Å²) in [6.07, 6.45) is 0. The van der Waals surface area contributed by atoms with Crippen LogP contribution in [0.15, 0.2) is 53.3 Å². The van der Waals surface area contributed by atoms with E-state index in [1.165, 1.54) is 18.2 Å². The lowest BCUT2D eigenvalue weighted by atomic mass is 10.1. The van der Waals surface area contributed by atoms with E-state index in [9.17, 15) is 19.5 Å². The highest BCUT2D eigenvalue weighted by Gasteiger charge is 2.22. The maximum absolute atomic E-state index is 11.9. The number of rotatable bonds is 4. The van der Waals surface area contributed by atoms with Gasteiger partial charge in [-0.25, -0.2) is 4.79 Å². The Morgan fingerprint density at radius 2 is 1.75 bits per heavy atom. The zero-order valence-corrected chi connectivity index (χ0v) is 10.4. The summed E-state index contributed by atoms with van der Waals surface area (Å²) in [4.78, 5) is 36.7. The van der Waals surface area contributed by atoms with Gasteiger partial charge in [0.05, 0.1) is 0 Å². The summed E-state index contributed by atoms with van der Waals surface area (Å²) in [5.41, 5.74) is 0.0375. The van der Waals surface area contributed by atoms with Gasteiger partial charge in [0, 0.05) is 6.07 Å². The van der Waals surface area contributed by atoms with Crippen LogP contribution in [-0.4, -0.2) is 22.0 Å². The molecule has 0 radical (unpaired) electrons. The molecule has 1 aromatic carbocycles. The maximum atomic E-state index is 11.9. The number of nitrogens with one attached hydrogen (secondary N) is 2. The molecule has 1 aromatic heterocycles. The van der Waals surface area contributed by atoms with E-state index in [1.807, 2.05) is 0 Å². The van der Waals surface area contributed by atoms with Gasteiger partial charge in [0.25, 0.3) is 5.91 Å². The van der Waals surface area contributed by atoms with Gasteiger partial charge in [-0.05, 0) is 11.6 Å². The first-order valence-corrected chi connectivity index (χ1v) is 5.86. The third-order valence-corrected chi connectivity index (χ3v) is 2.67. The Morgan fingerprint density at radius 3 is 2.35 bits per heavy atom. The molecule has 20 heavy (non-hydrogen) atoms. The van der Waals surface area contributed by atoms with Crippen LogP contribution in [0.2, 0.25) is 0 Å². The van der Waals surface area contributed by atoms with Crippen molar-refractivity contribution >= 4 is 11.9 Å². The van der Waals surface area contributed by atoms with Crippen molar-refractivity contribution in [3.05, 3.63) is 70.1 Å².